The summed E-state index contributed by atoms with van der Waals surface area (Å²) >= 11 is 0. The molecule has 4 rings (SSSR count). The van der Waals surface area contributed by atoms with E-state index in [4.69, 9.17) is 4.74 Å². The van der Waals surface area contributed by atoms with Crippen molar-refractivity contribution >= 4 is 11.8 Å². The summed E-state index contributed by atoms with van der Waals surface area (Å²) in [7, 11) is 1.69. The number of hydrogen-bond donors (Lipinski definition) is 3. The smallest absolute Gasteiger partial charge is 0.252 e. The summed E-state index contributed by atoms with van der Waals surface area (Å²) in [6, 6.07) is 16.9. The molecule has 1 aromatic heterocycles. The molecular weight excluding hydrogens is 538 g/mol. The lowest BCUT2D eigenvalue weighted by molar-refractivity contribution is 0.0930. The van der Waals surface area contributed by atoms with Crippen LogP contribution in [0.5, 0.6) is 5.75 Å². The Morgan fingerprint density at radius 3 is 2.23 bits per heavy atom. The van der Waals surface area contributed by atoms with Gasteiger partial charge in [-0.2, -0.15) is 0 Å². The molecule has 0 spiro atoms. The van der Waals surface area contributed by atoms with Gasteiger partial charge in [-0.1, -0.05) is 18.2 Å². The van der Waals surface area contributed by atoms with Crippen molar-refractivity contribution in [3.8, 4) is 5.75 Å². The van der Waals surface area contributed by atoms with Gasteiger partial charge in [-0.05, 0) is 120 Å². The number of ether oxygens (including phenoxy) is 1. The van der Waals surface area contributed by atoms with Crippen LogP contribution in [0, 0.1) is 13.8 Å². The van der Waals surface area contributed by atoms with Gasteiger partial charge in [-0.15, -0.1) is 0 Å². The maximum Gasteiger partial charge on any atom is 0.252 e. The summed E-state index contributed by atoms with van der Waals surface area (Å²) < 4.78 is 5.36. The number of amides is 2. The summed E-state index contributed by atoms with van der Waals surface area (Å²) in [5.41, 5.74) is 5.21. The van der Waals surface area contributed by atoms with Gasteiger partial charge in [0.2, 0.25) is 0 Å². The van der Waals surface area contributed by atoms with Crippen LogP contribution in [0.4, 0.5) is 0 Å². The summed E-state index contributed by atoms with van der Waals surface area (Å²) in [4.78, 5) is 32.4. The Kier molecular flexibility index (Phi) is 11.3. The van der Waals surface area contributed by atoms with E-state index >= 15 is 0 Å². The van der Waals surface area contributed by atoms with Crippen molar-refractivity contribution in [1.82, 2.24) is 25.8 Å². The number of benzene rings is 2. The van der Waals surface area contributed by atoms with Crippen molar-refractivity contribution in [3.63, 3.8) is 0 Å². The maximum absolute atomic E-state index is 12.9. The van der Waals surface area contributed by atoms with Gasteiger partial charge in [-0.25, -0.2) is 0 Å². The van der Waals surface area contributed by atoms with Crippen molar-refractivity contribution in [2.24, 2.45) is 0 Å². The molecule has 3 N–H and O–H groups in total. The second-order valence-corrected chi connectivity index (χ2v) is 12.0. The lowest BCUT2D eigenvalue weighted by Crippen LogP contribution is -2.47. The van der Waals surface area contributed by atoms with E-state index in [1.807, 2.05) is 70.4 Å². The van der Waals surface area contributed by atoms with Crippen LogP contribution in [0.2, 0.25) is 0 Å². The fourth-order valence-electron chi connectivity index (χ4n) is 5.94. The number of carbonyl (C=O) groups is 2. The van der Waals surface area contributed by atoms with E-state index in [1.54, 1.807) is 7.11 Å². The Bertz CT molecular complexity index is 1330. The molecule has 8 heteroatoms. The number of nitrogens with zero attached hydrogens (tertiary/aromatic N) is 2. The van der Waals surface area contributed by atoms with Crippen LogP contribution in [0.15, 0.2) is 60.9 Å². The first-order valence-electron chi connectivity index (χ1n) is 15.4. The van der Waals surface area contributed by atoms with Crippen molar-refractivity contribution < 1.29 is 14.3 Å². The van der Waals surface area contributed by atoms with Crippen LogP contribution >= 0.6 is 0 Å². The molecule has 0 saturated carbocycles. The van der Waals surface area contributed by atoms with Gasteiger partial charge in [0.05, 0.1) is 13.2 Å². The van der Waals surface area contributed by atoms with Crippen LogP contribution in [0.3, 0.4) is 0 Å². The largest absolute Gasteiger partial charge is 0.497 e. The molecule has 2 aromatic carbocycles. The first kappa shape index (κ1) is 32.2. The molecule has 230 valence electrons. The summed E-state index contributed by atoms with van der Waals surface area (Å²) in [6.45, 7) is 12.5. The molecule has 43 heavy (non-hydrogen) atoms. The highest BCUT2D eigenvalue weighted by atomic mass is 16.5. The van der Waals surface area contributed by atoms with Crippen LogP contribution < -0.4 is 20.7 Å². The van der Waals surface area contributed by atoms with E-state index in [2.05, 4.69) is 51.0 Å². The van der Waals surface area contributed by atoms with Gasteiger partial charge >= 0.3 is 0 Å². The van der Waals surface area contributed by atoms with E-state index in [-0.39, 0.29) is 23.9 Å². The quantitative estimate of drug-likeness (QED) is 0.271. The number of methoxy groups -OCH3 is 1. The molecule has 0 aliphatic carbocycles. The third-order valence-electron chi connectivity index (χ3n) is 8.31. The SMILES string of the molecule is COc1ccc(C(NC2CCN([C@H](C)CCNC(=O)c3cc(C)c(C(=O)NC(C)C)c(C)c3)CC2)c2cccnc2)cc1. The highest BCUT2D eigenvalue weighted by Crippen LogP contribution is 2.26. The Labute approximate surface area is 256 Å². The molecule has 1 aliphatic heterocycles. The number of hydrogen-bond acceptors (Lipinski definition) is 6. The highest BCUT2D eigenvalue weighted by molar-refractivity contribution is 6.00. The minimum absolute atomic E-state index is 0.0569. The molecule has 0 radical (unpaired) electrons. The number of pyridine rings is 1. The fraction of sp³-hybridized carbons (Fsp3) is 0.457. The summed E-state index contributed by atoms with van der Waals surface area (Å²) in [5.74, 6) is 0.650. The number of aryl methyl sites for hydroxylation is 2. The first-order valence-corrected chi connectivity index (χ1v) is 15.4. The zero-order chi connectivity index (χ0) is 30.9. The first-order chi connectivity index (χ1) is 20.7. The van der Waals surface area contributed by atoms with Gasteiger partial charge in [0.25, 0.3) is 11.8 Å². The second-order valence-electron chi connectivity index (χ2n) is 12.0. The number of piperidine rings is 1. The summed E-state index contributed by atoms with van der Waals surface area (Å²) in [6.07, 6.45) is 6.73. The van der Waals surface area contributed by atoms with Crippen molar-refractivity contribution in [1.29, 1.82) is 0 Å². The van der Waals surface area contributed by atoms with Crippen molar-refractivity contribution in [3.05, 3.63) is 94.3 Å². The fourth-order valence-corrected chi connectivity index (χ4v) is 5.94. The van der Waals surface area contributed by atoms with Gasteiger partial charge in [-0.3, -0.25) is 14.6 Å². The predicted octanol–water partition coefficient (Wildman–Crippen LogP) is 5.20. The van der Waals surface area contributed by atoms with Crippen molar-refractivity contribution in [2.45, 2.75) is 78.0 Å². The van der Waals surface area contributed by atoms with E-state index < -0.39 is 0 Å². The minimum Gasteiger partial charge on any atom is -0.497 e. The van der Waals surface area contributed by atoms with E-state index in [1.165, 1.54) is 5.56 Å². The minimum atomic E-state index is -0.0999. The van der Waals surface area contributed by atoms with E-state index in [0.29, 0.717) is 29.8 Å². The topological polar surface area (TPSA) is 95.6 Å². The maximum atomic E-state index is 12.9. The van der Waals surface area contributed by atoms with Gasteiger partial charge in [0.1, 0.15) is 5.75 Å². The lowest BCUT2D eigenvalue weighted by atomic mass is 9.96. The molecule has 1 aliphatic rings. The third-order valence-corrected chi connectivity index (χ3v) is 8.31. The Hall–Kier alpha value is -3.75. The second kappa shape index (κ2) is 15.1. The predicted molar refractivity (Wildman–Crippen MR) is 172 cm³/mol. The van der Waals surface area contributed by atoms with Gasteiger partial charge in [0, 0.05) is 48.2 Å². The number of likely N-dealkylation sites (tertiary alicyclic amines) is 1. The third kappa shape index (κ3) is 8.65. The van der Waals surface area contributed by atoms with Crippen LogP contribution in [-0.2, 0) is 0 Å². The lowest BCUT2D eigenvalue weighted by Gasteiger charge is -2.38. The number of nitrogens with one attached hydrogen (secondary N) is 3. The number of rotatable bonds is 12. The van der Waals surface area contributed by atoms with Crippen molar-refractivity contribution in [2.75, 3.05) is 26.7 Å². The van der Waals surface area contributed by atoms with Gasteiger partial charge < -0.3 is 25.6 Å². The molecule has 3 aromatic rings. The van der Waals surface area contributed by atoms with Gasteiger partial charge in [0.15, 0.2) is 0 Å². The average Bonchev–Trinajstić information content (AvgIpc) is 2.99. The van der Waals surface area contributed by atoms with E-state index in [9.17, 15) is 9.59 Å². The number of carbonyl (C=O) groups excluding carboxylic acids is 2. The van der Waals surface area contributed by atoms with E-state index in [0.717, 1.165) is 54.8 Å². The molecule has 8 nitrogen and oxygen atoms in total. The molecule has 0 bridgehead atoms. The highest BCUT2D eigenvalue weighted by Gasteiger charge is 2.26. The number of aromatic nitrogens is 1. The average molecular weight is 586 g/mol. The molecule has 2 heterocycles. The van der Waals surface area contributed by atoms with Crippen LogP contribution in [0.25, 0.3) is 0 Å². The normalized spacial score (nSPS) is 15.6. The zero-order valence-electron chi connectivity index (χ0n) is 26.4. The Morgan fingerprint density at radius 2 is 1.65 bits per heavy atom. The summed E-state index contributed by atoms with van der Waals surface area (Å²) in [5, 5.41) is 9.93. The molecule has 2 amide bonds. The van der Waals surface area contributed by atoms with Crippen LogP contribution in [0.1, 0.15) is 89.0 Å². The molecular formula is C35H47N5O3. The molecule has 2 atom stereocenters. The monoisotopic (exact) mass is 585 g/mol. The standard InChI is InChI=1S/C35H47N5O3/c1-23(2)38-35(42)32-24(3)20-29(21-25(32)4)34(41)37-17-13-26(5)40-18-14-30(15-19-40)39-33(28-8-7-16-36-22-28)27-9-11-31(43-6)12-10-27/h7-12,16,20-23,26,30,33,39H,13-15,17-19H2,1-6H3,(H,37,41)(H,38,42)/t26-,33?/m1/s1. The molecule has 1 unspecified atom stereocenters. The zero-order valence-corrected chi connectivity index (χ0v) is 26.4. The Morgan fingerprint density at radius 1 is 0.977 bits per heavy atom. The molecule has 1 fully saturated rings. The molecule has 1 saturated heterocycles. The van der Waals surface area contributed by atoms with Crippen LogP contribution in [-0.4, -0.2) is 66.6 Å². The Balaban J connectivity index is 1.27.